The van der Waals surface area contributed by atoms with Gasteiger partial charge in [-0.2, -0.15) is 0 Å². The fraction of sp³-hybridized carbons (Fsp3) is 0.586. The Morgan fingerprint density at radius 1 is 0.615 bits per heavy atom. The van der Waals surface area contributed by atoms with E-state index in [0.717, 1.165) is 9.79 Å². The van der Waals surface area contributed by atoms with Crippen molar-refractivity contribution >= 4 is 11.8 Å². The Kier molecular flexibility index (Phi) is 15.1. The molecular weight excluding hydrogens is 524 g/mol. The molecule has 39 heavy (non-hydrogen) atoms. The number of benzene rings is 2. The van der Waals surface area contributed by atoms with E-state index in [1.807, 2.05) is 43.3 Å². The van der Waals surface area contributed by atoms with Crippen LogP contribution in [-0.2, 0) is 18.9 Å². The maximum Gasteiger partial charge on any atom is 0.119 e. The molecule has 0 saturated heterocycles. The zero-order valence-corrected chi connectivity index (χ0v) is 24.1. The van der Waals surface area contributed by atoms with Crippen molar-refractivity contribution in [1.29, 1.82) is 0 Å². The predicted molar refractivity (Wildman–Crippen MR) is 150 cm³/mol. The van der Waals surface area contributed by atoms with Crippen LogP contribution in [0.1, 0.15) is 27.7 Å². The first-order chi connectivity index (χ1) is 18.6. The zero-order chi connectivity index (χ0) is 28.7. The summed E-state index contributed by atoms with van der Waals surface area (Å²) in [5, 5.41) is 38.3. The lowest BCUT2D eigenvalue weighted by Gasteiger charge is -2.34. The third-order valence-electron chi connectivity index (χ3n) is 5.30. The number of ether oxygens (including phenoxy) is 5. The summed E-state index contributed by atoms with van der Waals surface area (Å²) in [7, 11) is 0. The molecule has 2 aromatic rings. The van der Waals surface area contributed by atoms with E-state index in [1.54, 1.807) is 44.7 Å². The van der Waals surface area contributed by atoms with Crippen molar-refractivity contribution in [1.82, 2.24) is 0 Å². The van der Waals surface area contributed by atoms with Crippen LogP contribution in [0.15, 0.2) is 58.3 Å². The van der Waals surface area contributed by atoms with Crippen molar-refractivity contribution in [3.8, 4) is 11.5 Å². The SMILES string of the molecule is CC(O)COCC(COCC(C)O)(COCC(C)O)COCC(C)Oc1ccc(Sc2ccc(O)cc2)cc1. The fourth-order valence-corrected chi connectivity index (χ4v) is 4.35. The van der Waals surface area contributed by atoms with Crippen LogP contribution in [0.3, 0.4) is 0 Å². The summed E-state index contributed by atoms with van der Waals surface area (Å²) in [6, 6.07) is 14.8. The summed E-state index contributed by atoms with van der Waals surface area (Å²) in [4.78, 5) is 2.08. The molecule has 220 valence electrons. The van der Waals surface area contributed by atoms with Gasteiger partial charge in [-0.1, -0.05) is 11.8 Å². The van der Waals surface area contributed by atoms with Crippen LogP contribution < -0.4 is 4.74 Å². The second-order valence-corrected chi connectivity index (χ2v) is 11.3. The first kappa shape index (κ1) is 33.3. The average Bonchev–Trinajstić information content (AvgIpc) is 2.86. The van der Waals surface area contributed by atoms with E-state index in [0.29, 0.717) is 12.4 Å². The lowest BCUT2D eigenvalue weighted by molar-refractivity contribution is -0.128. The van der Waals surface area contributed by atoms with Gasteiger partial charge in [-0.25, -0.2) is 0 Å². The molecule has 4 atom stereocenters. The molecule has 0 spiro atoms. The van der Waals surface area contributed by atoms with Gasteiger partial charge in [-0.3, -0.25) is 0 Å². The van der Waals surface area contributed by atoms with Crippen molar-refractivity contribution in [2.45, 2.75) is 61.9 Å². The summed E-state index contributed by atoms with van der Waals surface area (Å²) in [6.45, 7) is 8.42. The summed E-state index contributed by atoms with van der Waals surface area (Å²) < 4.78 is 29.3. The van der Waals surface area contributed by atoms with Crippen LogP contribution in [0.4, 0.5) is 0 Å². The van der Waals surface area contributed by atoms with E-state index in [4.69, 9.17) is 23.7 Å². The van der Waals surface area contributed by atoms with Gasteiger partial charge < -0.3 is 44.1 Å². The zero-order valence-electron chi connectivity index (χ0n) is 23.3. The first-order valence-corrected chi connectivity index (χ1v) is 14.0. The van der Waals surface area contributed by atoms with Gasteiger partial charge in [-0.15, -0.1) is 0 Å². The van der Waals surface area contributed by atoms with Gasteiger partial charge in [0, 0.05) is 9.79 Å². The second-order valence-electron chi connectivity index (χ2n) is 10.1. The van der Waals surface area contributed by atoms with E-state index in [1.165, 1.54) is 0 Å². The number of aromatic hydroxyl groups is 1. The smallest absolute Gasteiger partial charge is 0.119 e. The Hall–Kier alpha value is -1.89. The number of phenols is 1. The fourth-order valence-electron chi connectivity index (χ4n) is 3.53. The molecule has 4 N–H and O–H groups in total. The molecule has 10 heteroatoms. The highest BCUT2D eigenvalue weighted by Gasteiger charge is 2.33. The number of hydrogen-bond donors (Lipinski definition) is 4. The highest BCUT2D eigenvalue weighted by Crippen LogP contribution is 2.30. The molecule has 0 bridgehead atoms. The maximum atomic E-state index is 9.62. The number of aliphatic hydroxyl groups excluding tert-OH is 3. The number of rotatable bonds is 20. The van der Waals surface area contributed by atoms with Gasteiger partial charge in [0.1, 0.15) is 17.6 Å². The molecule has 0 aliphatic rings. The molecule has 0 fully saturated rings. The molecule has 0 aliphatic carbocycles. The van der Waals surface area contributed by atoms with Crippen LogP contribution in [0, 0.1) is 5.41 Å². The van der Waals surface area contributed by atoms with Crippen molar-refractivity contribution in [2.24, 2.45) is 5.41 Å². The minimum absolute atomic E-state index is 0.148. The van der Waals surface area contributed by atoms with Crippen molar-refractivity contribution in [3.63, 3.8) is 0 Å². The molecular formula is C29H44O9S. The molecule has 0 aliphatic heterocycles. The Morgan fingerprint density at radius 2 is 1.00 bits per heavy atom. The molecule has 2 rings (SSSR count). The second kappa shape index (κ2) is 17.7. The third-order valence-corrected chi connectivity index (χ3v) is 6.31. The predicted octanol–water partition coefficient (Wildman–Crippen LogP) is 3.51. The first-order valence-electron chi connectivity index (χ1n) is 13.2. The molecule has 0 heterocycles. The standard InChI is InChI=1S/C29H44O9S/c1-21(30)13-34-17-29(18-35-14-22(2)31,19-36-15-23(3)32)20-37-16-24(4)38-26-7-11-28(12-8-26)39-27-9-5-25(33)6-10-27/h5-12,21-24,30-33H,13-20H2,1-4H3. The molecule has 9 nitrogen and oxygen atoms in total. The number of aliphatic hydroxyl groups is 3. The van der Waals surface area contributed by atoms with Crippen LogP contribution in [0.25, 0.3) is 0 Å². The van der Waals surface area contributed by atoms with Gasteiger partial charge in [0.05, 0.1) is 76.6 Å². The molecule has 2 aromatic carbocycles. The molecule has 0 aromatic heterocycles. The normalized spacial score (nSPS) is 16.3. The highest BCUT2D eigenvalue weighted by molar-refractivity contribution is 7.99. The summed E-state index contributed by atoms with van der Waals surface area (Å²) in [5.74, 6) is 0.955. The topological polar surface area (TPSA) is 127 Å². The quantitative estimate of drug-likeness (QED) is 0.188. The van der Waals surface area contributed by atoms with Gasteiger partial charge in [0.15, 0.2) is 0 Å². The lowest BCUT2D eigenvalue weighted by Crippen LogP contribution is -2.43. The van der Waals surface area contributed by atoms with Crippen LogP contribution in [0.5, 0.6) is 11.5 Å². The minimum Gasteiger partial charge on any atom is -0.508 e. The van der Waals surface area contributed by atoms with Crippen LogP contribution in [-0.4, -0.2) is 97.7 Å². The Labute approximate surface area is 236 Å². The van der Waals surface area contributed by atoms with E-state index in [9.17, 15) is 20.4 Å². The monoisotopic (exact) mass is 568 g/mol. The van der Waals surface area contributed by atoms with Gasteiger partial charge in [0.25, 0.3) is 0 Å². The molecule has 0 saturated carbocycles. The largest absolute Gasteiger partial charge is 0.508 e. The van der Waals surface area contributed by atoms with E-state index in [2.05, 4.69) is 0 Å². The van der Waals surface area contributed by atoms with Crippen LogP contribution >= 0.6 is 11.8 Å². The van der Waals surface area contributed by atoms with E-state index >= 15 is 0 Å². The Morgan fingerprint density at radius 3 is 1.41 bits per heavy atom. The lowest BCUT2D eigenvalue weighted by atomic mass is 9.92. The molecule has 0 amide bonds. The van der Waals surface area contributed by atoms with Crippen molar-refractivity contribution in [3.05, 3.63) is 48.5 Å². The maximum absolute atomic E-state index is 9.62. The van der Waals surface area contributed by atoms with Gasteiger partial charge >= 0.3 is 0 Å². The van der Waals surface area contributed by atoms with Crippen molar-refractivity contribution < 1.29 is 44.1 Å². The van der Waals surface area contributed by atoms with Gasteiger partial charge in [0.2, 0.25) is 0 Å². The Bertz CT molecular complexity index is 868. The van der Waals surface area contributed by atoms with Crippen molar-refractivity contribution in [2.75, 3.05) is 52.9 Å². The average molecular weight is 569 g/mol. The summed E-state index contributed by atoms with van der Waals surface area (Å²) >= 11 is 1.59. The third kappa shape index (κ3) is 14.3. The number of hydrogen-bond acceptors (Lipinski definition) is 10. The van der Waals surface area contributed by atoms with E-state index in [-0.39, 0.29) is 58.1 Å². The van der Waals surface area contributed by atoms with Crippen LogP contribution in [0.2, 0.25) is 0 Å². The molecule has 4 unspecified atom stereocenters. The summed E-state index contributed by atoms with van der Waals surface area (Å²) in [6.07, 6.45) is -2.12. The van der Waals surface area contributed by atoms with E-state index < -0.39 is 23.7 Å². The van der Waals surface area contributed by atoms with Gasteiger partial charge in [-0.05, 0) is 76.2 Å². The highest BCUT2D eigenvalue weighted by atomic mass is 32.2. The minimum atomic E-state index is -0.717. The molecule has 0 radical (unpaired) electrons. The summed E-state index contributed by atoms with van der Waals surface area (Å²) in [5.41, 5.74) is -0.717. The number of phenolic OH excluding ortho intramolecular Hbond substituents is 1. The Balaban J connectivity index is 1.93.